The molecule has 0 bridgehead atoms. The molecular weight excluding hydrogens is 514 g/mol. The van der Waals surface area contributed by atoms with Crippen LogP contribution in [-0.2, 0) is 25.1 Å². The smallest absolute Gasteiger partial charge is 0.245 e. The zero-order valence-corrected chi connectivity index (χ0v) is 21.7. The van der Waals surface area contributed by atoms with E-state index < -0.39 is 32.9 Å². The first-order chi connectivity index (χ1) is 17.3. The van der Waals surface area contributed by atoms with Crippen molar-refractivity contribution < 1.29 is 27.4 Å². The molecule has 1 fully saturated rings. The molecule has 0 radical (unpaired) electrons. The van der Waals surface area contributed by atoms with Crippen LogP contribution in [-0.4, -0.2) is 82.4 Å². The Balaban J connectivity index is 1.77. The summed E-state index contributed by atoms with van der Waals surface area (Å²) in [7, 11) is -0.924. The van der Waals surface area contributed by atoms with Crippen molar-refractivity contribution in [3.05, 3.63) is 41.2 Å². The molecule has 0 aliphatic carbocycles. The van der Waals surface area contributed by atoms with E-state index >= 15 is 0 Å². The number of ether oxygens (including phenoxy) is 4. The van der Waals surface area contributed by atoms with Crippen molar-refractivity contribution in [2.45, 2.75) is 36.9 Å². The van der Waals surface area contributed by atoms with Crippen LogP contribution in [0.3, 0.4) is 0 Å². The van der Waals surface area contributed by atoms with E-state index in [0.29, 0.717) is 29.9 Å². The first-order valence-electron chi connectivity index (χ1n) is 11.0. The lowest BCUT2D eigenvalue weighted by atomic mass is 10.1. The summed E-state index contributed by atoms with van der Waals surface area (Å²) < 4.78 is 50.8. The number of hydrogen-bond donors (Lipinski definition) is 0. The van der Waals surface area contributed by atoms with Gasteiger partial charge in [-0.3, -0.25) is 4.57 Å². The van der Waals surface area contributed by atoms with E-state index in [9.17, 15) is 8.42 Å². The molecule has 1 aliphatic heterocycles. The van der Waals surface area contributed by atoms with Gasteiger partial charge < -0.3 is 18.9 Å². The summed E-state index contributed by atoms with van der Waals surface area (Å²) in [5.41, 5.74) is 0.253. The highest BCUT2D eigenvalue weighted by molar-refractivity contribution is 7.91. The highest BCUT2D eigenvalue weighted by Crippen LogP contribution is 2.34. The van der Waals surface area contributed by atoms with Crippen LogP contribution in [0.4, 0.5) is 0 Å². The van der Waals surface area contributed by atoms with Gasteiger partial charge in [-0.2, -0.15) is 9.97 Å². The van der Waals surface area contributed by atoms with E-state index in [2.05, 4.69) is 30.1 Å². The number of methoxy groups -OCH3 is 2. The SMILES string of the molecule is COc1ncnc(OC)c1-n1c(CS(=O)(=O)[C@@H](C)[C@H](C)c2ncc(Cl)cn2)nnc1[C@@H]1COCCO1. The minimum Gasteiger partial charge on any atom is -0.479 e. The quantitative estimate of drug-likeness (QED) is 0.389. The van der Waals surface area contributed by atoms with Gasteiger partial charge in [-0.15, -0.1) is 10.2 Å². The molecular formula is C21H26ClN7O6S. The van der Waals surface area contributed by atoms with Gasteiger partial charge in [0.05, 0.1) is 44.3 Å². The summed E-state index contributed by atoms with van der Waals surface area (Å²) >= 11 is 5.87. The first kappa shape index (κ1) is 26.1. The molecule has 0 aromatic carbocycles. The fourth-order valence-corrected chi connectivity index (χ4v) is 5.39. The van der Waals surface area contributed by atoms with Crippen LogP contribution in [0.1, 0.15) is 43.3 Å². The van der Waals surface area contributed by atoms with Gasteiger partial charge in [0.1, 0.15) is 24.0 Å². The standard InChI is InChI=1S/C21H26ClN7O6S/c1-12(18-23-7-14(22)8-24-18)13(2)36(30,31)10-16-27-28-19(15-9-34-5-6-35-15)29(16)17-20(32-3)25-11-26-21(17)33-4/h7-8,11-13,15H,5-6,9-10H2,1-4H3/t12-,13-,15-/m0/s1. The molecule has 13 nitrogen and oxygen atoms in total. The lowest BCUT2D eigenvalue weighted by molar-refractivity contribution is -0.0942. The summed E-state index contributed by atoms with van der Waals surface area (Å²) in [5, 5.41) is 7.99. The number of rotatable bonds is 9. The van der Waals surface area contributed by atoms with Crippen LogP contribution in [0.25, 0.3) is 5.69 Å². The molecule has 1 saturated heterocycles. The average Bonchev–Trinajstić information content (AvgIpc) is 3.30. The first-order valence-corrected chi connectivity index (χ1v) is 13.1. The summed E-state index contributed by atoms with van der Waals surface area (Å²) in [6, 6.07) is 0. The Kier molecular flexibility index (Phi) is 7.97. The lowest BCUT2D eigenvalue weighted by Crippen LogP contribution is -2.28. The minimum atomic E-state index is -3.79. The normalized spacial score (nSPS) is 18.0. The molecule has 0 amide bonds. The summed E-state index contributed by atoms with van der Waals surface area (Å²) in [6.07, 6.45) is 3.54. The molecule has 194 valence electrons. The molecule has 0 saturated carbocycles. The fraction of sp³-hybridized carbons (Fsp3) is 0.524. The number of nitrogens with zero attached hydrogens (tertiary/aromatic N) is 7. The van der Waals surface area contributed by atoms with Gasteiger partial charge in [0.15, 0.2) is 27.2 Å². The third-order valence-electron chi connectivity index (χ3n) is 5.87. The van der Waals surface area contributed by atoms with Gasteiger partial charge in [0, 0.05) is 18.3 Å². The predicted octanol–water partition coefficient (Wildman–Crippen LogP) is 1.71. The highest BCUT2D eigenvalue weighted by Gasteiger charge is 2.35. The van der Waals surface area contributed by atoms with Gasteiger partial charge >= 0.3 is 0 Å². The molecule has 36 heavy (non-hydrogen) atoms. The zero-order chi connectivity index (χ0) is 25.9. The van der Waals surface area contributed by atoms with Gasteiger partial charge in [0.25, 0.3) is 0 Å². The van der Waals surface area contributed by atoms with E-state index in [1.807, 2.05) is 0 Å². The van der Waals surface area contributed by atoms with Crippen molar-refractivity contribution in [3.8, 4) is 17.4 Å². The van der Waals surface area contributed by atoms with Crippen molar-refractivity contribution in [3.63, 3.8) is 0 Å². The van der Waals surface area contributed by atoms with Crippen molar-refractivity contribution in [2.24, 2.45) is 0 Å². The van der Waals surface area contributed by atoms with E-state index in [4.69, 9.17) is 30.5 Å². The Morgan fingerprint density at radius 1 is 1.08 bits per heavy atom. The maximum atomic E-state index is 13.5. The predicted molar refractivity (Wildman–Crippen MR) is 127 cm³/mol. The van der Waals surface area contributed by atoms with Crippen LogP contribution in [0, 0.1) is 0 Å². The molecule has 0 N–H and O–H groups in total. The number of sulfone groups is 1. The molecule has 0 unspecified atom stereocenters. The monoisotopic (exact) mass is 539 g/mol. The van der Waals surface area contributed by atoms with Gasteiger partial charge in [-0.1, -0.05) is 18.5 Å². The second-order valence-electron chi connectivity index (χ2n) is 8.05. The van der Waals surface area contributed by atoms with E-state index in [-0.39, 0.29) is 29.9 Å². The Labute approximate surface area is 213 Å². The maximum Gasteiger partial charge on any atom is 0.245 e. The Morgan fingerprint density at radius 3 is 2.33 bits per heavy atom. The summed E-state index contributed by atoms with van der Waals surface area (Å²) in [4.78, 5) is 16.7. The second-order valence-corrected chi connectivity index (χ2v) is 10.8. The Bertz CT molecular complexity index is 1280. The van der Waals surface area contributed by atoms with Crippen LogP contribution < -0.4 is 9.47 Å². The molecule has 1 aliphatic rings. The van der Waals surface area contributed by atoms with Crippen molar-refractivity contribution in [2.75, 3.05) is 34.0 Å². The number of aromatic nitrogens is 7. The molecule has 3 aromatic rings. The average molecular weight is 540 g/mol. The van der Waals surface area contributed by atoms with Gasteiger partial charge in [-0.25, -0.2) is 18.4 Å². The molecule has 4 heterocycles. The largest absolute Gasteiger partial charge is 0.479 e. The zero-order valence-electron chi connectivity index (χ0n) is 20.2. The van der Waals surface area contributed by atoms with E-state index in [1.165, 1.54) is 37.5 Å². The molecule has 3 aromatic heterocycles. The Morgan fingerprint density at radius 2 is 1.75 bits per heavy atom. The van der Waals surface area contributed by atoms with Crippen molar-refractivity contribution >= 4 is 21.4 Å². The third-order valence-corrected chi connectivity index (χ3v) is 8.27. The van der Waals surface area contributed by atoms with Crippen LogP contribution in [0.15, 0.2) is 18.7 Å². The van der Waals surface area contributed by atoms with Gasteiger partial charge in [-0.05, 0) is 6.92 Å². The minimum absolute atomic E-state index is 0.113. The lowest BCUT2D eigenvalue weighted by Gasteiger charge is -2.24. The van der Waals surface area contributed by atoms with Crippen molar-refractivity contribution in [1.82, 2.24) is 34.7 Å². The van der Waals surface area contributed by atoms with Crippen LogP contribution in [0.2, 0.25) is 5.02 Å². The van der Waals surface area contributed by atoms with E-state index in [0.717, 1.165) is 0 Å². The number of halogens is 1. The molecule has 4 rings (SSSR count). The molecule has 0 spiro atoms. The number of hydrogen-bond acceptors (Lipinski definition) is 12. The third kappa shape index (κ3) is 5.26. The molecule has 3 atom stereocenters. The van der Waals surface area contributed by atoms with Crippen molar-refractivity contribution in [1.29, 1.82) is 0 Å². The maximum absolute atomic E-state index is 13.5. The second kappa shape index (κ2) is 11.0. The Hall–Kier alpha value is -2.94. The highest BCUT2D eigenvalue weighted by atomic mass is 35.5. The van der Waals surface area contributed by atoms with Gasteiger partial charge in [0.2, 0.25) is 11.8 Å². The molecule has 15 heteroatoms. The van der Waals surface area contributed by atoms with Crippen LogP contribution >= 0.6 is 11.6 Å². The fourth-order valence-electron chi connectivity index (χ4n) is 3.74. The summed E-state index contributed by atoms with van der Waals surface area (Å²) in [5.74, 6) is 0.124. The topological polar surface area (TPSA) is 153 Å². The van der Waals surface area contributed by atoms with Crippen LogP contribution in [0.5, 0.6) is 11.8 Å². The van der Waals surface area contributed by atoms with E-state index in [1.54, 1.807) is 13.8 Å². The summed E-state index contributed by atoms with van der Waals surface area (Å²) in [6.45, 7) is 4.34.